The molecule has 0 N–H and O–H groups in total. The van der Waals surface area contributed by atoms with Gasteiger partial charge in [-0.05, 0) is 44.1 Å². The Morgan fingerprint density at radius 2 is 2.38 bits per heavy atom. The number of likely N-dealkylation sites (N-methyl/N-ethyl adjacent to an activating group) is 1. The predicted molar refractivity (Wildman–Crippen MR) is 69.5 cm³/mol. The summed E-state index contributed by atoms with van der Waals surface area (Å²) in [4.78, 5) is 2.39. The van der Waals surface area contributed by atoms with Crippen molar-refractivity contribution < 1.29 is 4.74 Å². The SMILES string of the molecule is CN1CCCC1COCc1cccc(Br)c1. The molecule has 0 bridgehead atoms. The number of rotatable bonds is 4. The van der Waals surface area contributed by atoms with E-state index in [1.807, 2.05) is 12.1 Å². The first-order valence-corrected chi connectivity index (χ1v) is 6.57. The molecule has 1 saturated heterocycles. The largest absolute Gasteiger partial charge is 0.375 e. The van der Waals surface area contributed by atoms with Gasteiger partial charge in [0, 0.05) is 10.5 Å². The molecule has 0 spiro atoms. The highest BCUT2D eigenvalue weighted by Gasteiger charge is 2.20. The van der Waals surface area contributed by atoms with Crippen LogP contribution in [0.2, 0.25) is 0 Å². The van der Waals surface area contributed by atoms with Crippen LogP contribution in [0.5, 0.6) is 0 Å². The number of likely N-dealkylation sites (tertiary alicyclic amines) is 1. The van der Waals surface area contributed by atoms with Crippen LogP contribution in [-0.4, -0.2) is 31.1 Å². The van der Waals surface area contributed by atoms with Gasteiger partial charge in [-0.15, -0.1) is 0 Å². The third-order valence-corrected chi connectivity index (χ3v) is 3.63. The summed E-state index contributed by atoms with van der Waals surface area (Å²) in [5, 5.41) is 0. The monoisotopic (exact) mass is 283 g/mol. The maximum atomic E-state index is 5.77. The molecule has 0 radical (unpaired) electrons. The number of halogens is 1. The van der Waals surface area contributed by atoms with Gasteiger partial charge < -0.3 is 9.64 Å². The van der Waals surface area contributed by atoms with Crippen molar-refractivity contribution in [1.29, 1.82) is 0 Å². The smallest absolute Gasteiger partial charge is 0.0718 e. The summed E-state index contributed by atoms with van der Waals surface area (Å²) < 4.78 is 6.88. The van der Waals surface area contributed by atoms with Crippen LogP contribution in [0.25, 0.3) is 0 Å². The van der Waals surface area contributed by atoms with Crippen molar-refractivity contribution in [3.63, 3.8) is 0 Å². The first-order chi connectivity index (χ1) is 7.75. The second kappa shape index (κ2) is 5.80. The highest BCUT2D eigenvalue weighted by molar-refractivity contribution is 9.10. The molecule has 1 aromatic carbocycles. The first kappa shape index (κ1) is 12.1. The molecule has 1 unspecified atom stereocenters. The van der Waals surface area contributed by atoms with E-state index in [9.17, 15) is 0 Å². The second-order valence-electron chi connectivity index (χ2n) is 4.42. The van der Waals surface area contributed by atoms with Crippen LogP contribution in [0.15, 0.2) is 28.7 Å². The van der Waals surface area contributed by atoms with E-state index < -0.39 is 0 Å². The van der Waals surface area contributed by atoms with E-state index in [0.717, 1.165) is 11.1 Å². The van der Waals surface area contributed by atoms with Gasteiger partial charge in [-0.3, -0.25) is 0 Å². The molecule has 3 heteroatoms. The molecule has 0 amide bonds. The van der Waals surface area contributed by atoms with Crippen LogP contribution in [0, 0.1) is 0 Å². The lowest BCUT2D eigenvalue weighted by Crippen LogP contribution is -2.29. The third-order valence-electron chi connectivity index (χ3n) is 3.14. The Morgan fingerprint density at radius 1 is 1.50 bits per heavy atom. The Kier molecular flexibility index (Phi) is 4.38. The van der Waals surface area contributed by atoms with Crippen LogP contribution >= 0.6 is 15.9 Å². The molecule has 1 atom stereocenters. The summed E-state index contributed by atoms with van der Waals surface area (Å²) in [6.07, 6.45) is 2.58. The average Bonchev–Trinajstić information content (AvgIpc) is 2.65. The normalized spacial score (nSPS) is 21.5. The van der Waals surface area contributed by atoms with Gasteiger partial charge in [0.15, 0.2) is 0 Å². The summed E-state index contributed by atoms with van der Waals surface area (Å²) in [5.41, 5.74) is 1.23. The van der Waals surface area contributed by atoms with E-state index in [-0.39, 0.29) is 0 Å². The van der Waals surface area contributed by atoms with Crippen molar-refractivity contribution in [2.75, 3.05) is 20.2 Å². The molecule has 2 nitrogen and oxygen atoms in total. The van der Waals surface area contributed by atoms with Crippen molar-refractivity contribution >= 4 is 15.9 Å². The van der Waals surface area contributed by atoms with E-state index >= 15 is 0 Å². The zero-order valence-electron chi connectivity index (χ0n) is 9.66. The van der Waals surface area contributed by atoms with Crippen LogP contribution in [0.1, 0.15) is 18.4 Å². The van der Waals surface area contributed by atoms with Gasteiger partial charge in [-0.2, -0.15) is 0 Å². The number of hydrogen-bond donors (Lipinski definition) is 0. The van der Waals surface area contributed by atoms with Gasteiger partial charge in [-0.1, -0.05) is 28.1 Å². The Bertz CT molecular complexity index is 342. The zero-order chi connectivity index (χ0) is 11.4. The Morgan fingerprint density at radius 3 is 3.06 bits per heavy atom. The minimum absolute atomic E-state index is 0.618. The second-order valence-corrected chi connectivity index (χ2v) is 5.34. The topological polar surface area (TPSA) is 12.5 Å². The minimum Gasteiger partial charge on any atom is -0.375 e. The number of ether oxygens (including phenoxy) is 1. The molecular formula is C13H18BrNO. The molecule has 0 saturated carbocycles. The summed E-state index contributed by atoms with van der Waals surface area (Å²) in [7, 11) is 2.18. The third kappa shape index (κ3) is 3.30. The average molecular weight is 284 g/mol. The van der Waals surface area contributed by atoms with Gasteiger partial charge in [0.05, 0.1) is 13.2 Å². The molecule has 16 heavy (non-hydrogen) atoms. The summed E-state index contributed by atoms with van der Waals surface area (Å²) in [6, 6.07) is 8.91. The Balaban J connectivity index is 1.75. The van der Waals surface area contributed by atoms with Crippen LogP contribution < -0.4 is 0 Å². The van der Waals surface area contributed by atoms with Crippen molar-refractivity contribution in [2.24, 2.45) is 0 Å². The molecule has 1 aliphatic heterocycles. The standard InChI is InChI=1S/C13H18BrNO/c1-15-7-3-6-13(15)10-16-9-11-4-2-5-12(14)8-11/h2,4-5,8,13H,3,6-7,9-10H2,1H3. The van der Waals surface area contributed by atoms with Crippen molar-refractivity contribution in [3.05, 3.63) is 34.3 Å². The maximum Gasteiger partial charge on any atom is 0.0718 e. The van der Waals surface area contributed by atoms with Crippen LogP contribution in [-0.2, 0) is 11.3 Å². The maximum absolute atomic E-state index is 5.77. The number of benzene rings is 1. The minimum atomic E-state index is 0.618. The fourth-order valence-corrected chi connectivity index (χ4v) is 2.58. The molecule has 2 rings (SSSR count). The first-order valence-electron chi connectivity index (χ1n) is 5.78. The van der Waals surface area contributed by atoms with Gasteiger partial charge in [-0.25, -0.2) is 0 Å². The predicted octanol–water partition coefficient (Wildman–Crippen LogP) is 3.06. The molecule has 1 aliphatic rings. The lowest BCUT2D eigenvalue weighted by Gasteiger charge is -2.19. The van der Waals surface area contributed by atoms with E-state index in [4.69, 9.17) is 4.74 Å². The molecule has 0 aromatic heterocycles. The number of nitrogens with zero attached hydrogens (tertiary/aromatic N) is 1. The molecule has 88 valence electrons. The zero-order valence-corrected chi connectivity index (χ0v) is 11.2. The van der Waals surface area contributed by atoms with Gasteiger partial charge in [0.2, 0.25) is 0 Å². The van der Waals surface area contributed by atoms with E-state index in [1.54, 1.807) is 0 Å². The van der Waals surface area contributed by atoms with Gasteiger partial charge >= 0.3 is 0 Å². The number of hydrogen-bond acceptors (Lipinski definition) is 2. The molecule has 1 aromatic rings. The highest BCUT2D eigenvalue weighted by atomic mass is 79.9. The van der Waals surface area contributed by atoms with Crippen molar-refractivity contribution in [2.45, 2.75) is 25.5 Å². The quantitative estimate of drug-likeness (QED) is 0.842. The van der Waals surface area contributed by atoms with E-state index in [2.05, 4.69) is 40.0 Å². The van der Waals surface area contributed by atoms with Crippen molar-refractivity contribution in [1.82, 2.24) is 4.90 Å². The summed E-state index contributed by atoms with van der Waals surface area (Å²) in [6.45, 7) is 2.78. The summed E-state index contributed by atoms with van der Waals surface area (Å²) in [5.74, 6) is 0. The lowest BCUT2D eigenvalue weighted by molar-refractivity contribution is 0.0749. The van der Waals surface area contributed by atoms with Crippen LogP contribution in [0.4, 0.5) is 0 Å². The van der Waals surface area contributed by atoms with Crippen molar-refractivity contribution in [3.8, 4) is 0 Å². The Hall–Kier alpha value is -0.380. The Labute approximate surface area is 106 Å². The fourth-order valence-electron chi connectivity index (χ4n) is 2.13. The highest BCUT2D eigenvalue weighted by Crippen LogP contribution is 2.16. The van der Waals surface area contributed by atoms with Gasteiger partial charge in [0.25, 0.3) is 0 Å². The van der Waals surface area contributed by atoms with Gasteiger partial charge in [0.1, 0.15) is 0 Å². The fraction of sp³-hybridized carbons (Fsp3) is 0.538. The van der Waals surface area contributed by atoms with Crippen LogP contribution in [0.3, 0.4) is 0 Å². The van der Waals surface area contributed by atoms with E-state index in [1.165, 1.54) is 24.9 Å². The molecule has 1 fully saturated rings. The molecule has 0 aliphatic carbocycles. The lowest BCUT2D eigenvalue weighted by atomic mass is 10.2. The van der Waals surface area contributed by atoms with E-state index in [0.29, 0.717) is 12.6 Å². The summed E-state index contributed by atoms with van der Waals surface area (Å²) >= 11 is 3.47. The molecular weight excluding hydrogens is 266 g/mol. The molecule has 1 heterocycles.